The Bertz CT molecular complexity index is 420. The zero-order valence-corrected chi connectivity index (χ0v) is 9.08. The van der Waals surface area contributed by atoms with Gasteiger partial charge in [0.2, 0.25) is 0 Å². The monoisotopic (exact) mass is 204 g/mol. The Morgan fingerprint density at radius 1 is 1.21 bits per heavy atom. The smallest absolute Gasteiger partial charge is 0.0940 e. The van der Waals surface area contributed by atoms with E-state index in [-0.39, 0.29) is 0 Å². The zero-order valence-electron chi connectivity index (χ0n) is 8.27. The maximum atomic E-state index is 4.45. The Kier molecular flexibility index (Phi) is 2.59. The summed E-state index contributed by atoms with van der Waals surface area (Å²) in [4.78, 5) is 0. The SMILES string of the molecule is CSc1cc(-c2ccccc2)nn1C. The number of nitrogens with zero attached hydrogens (tertiary/aromatic N) is 2. The fourth-order valence-electron chi connectivity index (χ4n) is 1.39. The molecule has 0 amide bonds. The van der Waals surface area contributed by atoms with Crippen molar-refractivity contribution in [2.24, 2.45) is 7.05 Å². The molecule has 0 N–H and O–H groups in total. The minimum atomic E-state index is 1.04. The molecule has 0 saturated carbocycles. The molecule has 72 valence electrons. The van der Waals surface area contributed by atoms with E-state index in [1.807, 2.05) is 29.9 Å². The van der Waals surface area contributed by atoms with Gasteiger partial charge in [-0.15, -0.1) is 11.8 Å². The normalized spacial score (nSPS) is 10.4. The van der Waals surface area contributed by atoms with Crippen LogP contribution in [0.5, 0.6) is 0 Å². The number of aromatic nitrogens is 2. The summed E-state index contributed by atoms with van der Waals surface area (Å²) in [6.45, 7) is 0. The average molecular weight is 204 g/mol. The highest BCUT2D eigenvalue weighted by atomic mass is 32.2. The third-order valence-corrected chi connectivity index (χ3v) is 2.92. The molecule has 1 aromatic heterocycles. The van der Waals surface area contributed by atoms with Gasteiger partial charge in [0.05, 0.1) is 10.7 Å². The second-order valence-electron chi connectivity index (χ2n) is 3.06. The summed E-state index contributed by atoms with van der Waals surface area (Å²) in [6, 6.07) is 12.3. The van der Waals surface area contributed by atoms with Gasteiger partial charge >= 0.3 is 0 Å². The molecule has 2 aromatic rings. The van der Waals surface area contributed by atoms with Gasteiger partial charge in [-0.25, -0.2) is 0 Å². The Morgan fingerprint density at radius 3 is 2.50 bits per heavy atom. The van der Waals surface area contributed by atoms with Gasteiger partial charge in [-0.1, -0.05) is 30.3 Å². The molecule has 0 atom stereocenters. The maximum Gasteiger partial charge on any atom is 0.0940 e. The van der Waals surface area contributed by atoms with Crippen molar-refractivity contribution in [3.63, 3.8) is 0 Å². The molecular weight excluding hydrogens is 192 g/mol. The van der Waals surface area contributed by atoms with Gasteiger partial charge in [0.1, 0.15) is 0 Å². The lowest BCUT2D eigenvalue weighted by Gasteiger charge is -1.93. The Morgan fingerprint density at radius 2 is 1.93 bits per heavy atom. The Labute approximate surface area is 87.9 Å². The van der Waals surface area contributed by atoms with Crippen LogP contribution in [0.25, 0.3) is 11.3 Å². The number of aryl methyl sites for hydroxylation is 1. The predicted molar refractivity (Wildman–Crippen MR) is 60.4 cm³/mol. The van der Waals surface area contributed by atoms with Gasteiger partial charge in [0.15, 0.2) is 0 Å². The van der Waals surface area contributed by atoms with Gasteiger partial charge < -0.3 is 0 Å². The molecule has 0 aliphatic carbocycles. The second-order valence-corrected chi connectivity index (χ2v) is 3.89. The third-order valence-electron chi connectivity index (χ3n) is 2.12. The summed E-state index contributed by atoms with van der Waals surface area (Å²) in [5, 5.41) is 5.63. The minimum absolute atomic E-state index is 1.04. The van der Waals surface area contributed by atoms with Gasteiger partial charge in [0.25, 0.3) is 0 Å². The highest BCUT2D eigenvalue weighted by Gasteiger charge is 2.04. The molecule has 1 heterocycles. The highest BCUT2D eigenvalue weighted by molar-refractivity contribution is 7.98. The van der Waals surface area contributed by atoms with Gasteiger partial charge in [-0.05, 0) is 12.3 Å². The van der Waals surface area contributed by atoms with Crippen molar-refractivity contribution in [2.45, 2.75) is 5.03 Å². The van der Waals surface area contributed by atoms with E-state index >= 15 is 0 Å². The van der Waals surface area contributed by atoms with Crippen molar-refractivity contribution in [1.82, 2.24) is 9.78 Å². The van der Waals surface area contributed by atoms with Crippen molar-refractivity contribution in [1.29, 1.82) is 0 Å². The van der Waals surface area contributed by atoms with Gasteiger partial charge in [0, 0.05) is 12.6 Å². The molecule has 2 rings (SSSR count). The molecule has 3 heteroatoms. The van der Waals surface area contributed by atoms with Crippen molar-refractivity contribution in [3.8, 4) is 11.3 Å². The van der Waals surface area contributed by atoms with Crippen LogP contribution >= 0.6 is 11.8 Å². The van der Waals surface area contributed by atoms with Crippen LogP contribution in [0.3, 0.4) is 0 Å². The van der Waals surface area contributed by atoms with Crippen LogP contribution in [-0.4, -0.2) is 16.0 Å². The molecule has 0 fully saturated rings. The molecule has 0 saturated heterocycles. The Balaban J connectivity index is 2.43. The van der Waals surface area contributed by atoms with Crippen molar-refractivity contribution in [2.75, 3.05) is 6.26 Å². The number of hydrogen-bond donors (Lipinski definition) is 0. The first-order valence-electron chi connectivity index (χ1n) is 4.44. The van der Waals surface area contributed by atoms with Gasteiger partial charge in [-0.3, -0.25) is 4.68 Å². The summed E-state index contributed by atoms with van der Waals surface area (Å²) in [5.41, 5.74) is 2.21. The van der Waals surface area contributed by atoms with Crippen LogP contribution < -0.4 is 0 Å². The first-order chi connectivity index (χ1) is 6.81. The number of rotatable bonds is 2. The van der Waals surface area contributed by atoms with Gasteiger partial charge in [-0.2, -0.15) is 5.10 Å². The Hall–Kier alpha value is -1.22. The third kappa shape index (κ3) is 1.68. The van der Waals surface area contributed by atoms with Crippen LogP contribution in [0.4, 0.5) is 0 Å². The number of hydrogen-bond acceptors (Lipinski definition) is 2. The quantitative estimate of drug-likeness (QED) is 0.700. The summed E-state index contributed by atoms with van der Waals surface area (Å²) in [5.74, 6) is 0. The number of thioether (sulfide) groups is 1. The molecular formula is C11H12N2S. The lowest BCUT2D eigenvalue weighted by Crippen LogP contribution is -1.91. The van der Waals surface area contributed by atoms with Crippen molar-refractivity contribution < 1.29 is 0 Å². The van der Waals surface area contributed by atoms with E-state index in [9.17, 15) is 0 Å². The largest absolute Gasteiger partial charge is 0.262 e. The molecule has 0 bridgehead atoms. The summed E-state index contributed by atoms with van der Waals surface area (Å²) in [6.07, 6.45) is 2.06. The zero-order chi connectivity index (χ0) is 9.97. The molecule has 0 unspecified atom stereocenters. The minimum Gasteiger partial charge on any atom is -0.262 e. The van der Waals surface area contributed by atoms with E-state index < -0.39 is 0 Å². The molecule has 1 aromatic carbocycles. The molecule has 0 radical (unpaired) electrons. The fourth-order valence-corrected chi connectivity index (χ4v) is 1.93. The first kappa shape index (κ1) is 9.34. The highest BCUT2D eigenvalue weighted by Crippen LogP contribution is 2.22. The van der Waals surface area contributed by atoms with E-state index in [0.29, 0.717) is 0 Å². The molecule has 2 nitrogen and oxygen atoms in total. The average Bonchev–Trinajstić information content (AvgIpc) is 2.61. The molecule has 0 spiro atoms. The maximum absolute atomic E-state index is 4.45. The van der Waals surface area contributed by atoms with Crippen LogP contribution in [0.15, 0.2) is 41.4 Å². The fraction of sp³-hybridized carbons (Fsp3) is 0.182. The van der Waals surface area contributed by atoms with E-state index in [1.165, 1.54) is 10.6 Å². The van der Waals surface area contributed by atoms with Crippen molar-refractivity contribution in [3.05, 3.63) is 36.4 Å². The number of benzene rings is 1. The van der Waals surface area contributed by atoms with Crippen LogP contribution in [0, 0.1) is 0 Å². The molecule has 0 aliphatic rings. The van der Waals surface area contributed by atoms with E-state index in [4.69, 9.17) is 0 Å². The van der Waals surface area contributed by atoms with E-state index in [2.05, 4.69) is 29.6 Å². The predicted octanol–water partition coefficient (Wildman–Crippen LogP) is 2.81. The summed E-state index contributed by atoms with van der Waals surface area (Å²) in [7, 11) is 1.97. The molecule has 14 heavy (non-hydrogen) atoms. The van der Waals surface area contributed by atoms with Crippen LogP contribution in [-0.2, 0) is 7.05 Å². The van der Waals surface area contributed by atoms with Crippen molar-refractivity contribution >= 4 is 11.8 Å². The second kappa shape index (κ2) is 3.88. The molecule has 0 aliphatic heterocycles. The lowest BCUT2D eigenvalue weighted by molar-refractivity contribution is 0.702. The summed E-state index contributed by atoms with van der Waals surface area (Å²) >= 11 is 1.71. The topological polar surface area (TPSA) is 17.8 Å². The standard InChI is InChI=1S/C11H12N2S/c1-13-11(14-2)8-10(12-13)9-6-4-3-5-7-9/h3-8H,1-2H3. The first-order valence-corrected chi connectivity index (χ1v) is 5.67. The summed E-state index contributed by atoms with van der Waals surface area (Å²) < 4.78 is 1.91. The lowest BCUT2D eigenvalue weighted by atomic mass is 10.2. The van der Waals surface area contributed by atoms with Crippen LogP contribution in [0.2, 0.25) is 0 Å². The van der Waals surface area contributed by atoms with Crippen LogP contribution in [0.1, 0.15) is 0 Å². The van der Waals surface area contributed by atoms with E-state index in [0.717, 1.165) is 5.69 Å². The van der Waals surface area contributed by atoms with E-state index in [1.54, 1.807) is 11.8 Å².